The number of nitrogens with one attached hydrogen (secondary N) is 2. The molecule has 0 spiro atoms. The molecule has 0 aliphatic rings. The number of H-pyrrole nitrogens is 1. The van der Waals surface area contributed by atoms with E-state index in [0.717, 1.165) is 5.52 Å². The summed E-state index contributed by atoms with van der Waals surface area (Å²) in [6, 6.07) is 4.94. The van der Waals surface area contributed by atoms with Crippen molar-refractivity contribution in [3.05, 3.63) is 37.1 Å². The van der Waals surface area contributed by atoms with E-state index in [4.69, 9.17) is 5.73 Å². The normalized spacial score (nSPS) is 13.5. The zero-order chi connectivity index (χ0) is 14.0. The third-order valence-electron chi connectivity index (χ3n) is 2.83. The number of aromatic nitrogens is 1. The predicted octanol–water partition coefficient (Wildman–Crippen LogP) is 1.99. The van der Waals surface area contributed by atoms with Gasteiger partial charge in [0.25, 0.3) is 0 Å². The Kier molecular flexibility index (Phi) is 3.64. The fraction of sp³-hybridized carbons (Fsp3) is 0.231. The molecule has 4 N–H and O–H groups in total. The number of hydrogen-bond acceptors (Lipinski definition) is 3. The molecule has 0 fully saturated rings. The van der Waals surface area contributed by atoms with Gasteiger partial charge in [-0.15, -0.1) is 6.58 Å². The van der Waals surface area contributed by atoms with Crippen molar-refractivity contribution >= 4 is 26.6 Å². The average molecular weight is 279 g/mol. The van der Waals surface area contributed by atoms with Crippen LogP contribution in [0.25, 0.3) is 10.9 Å². The Labute approximate surface area is 112 Å². The maximum Gasteiger partial charge on any atom is 0.242 e. The maximum absolute atomic E-state index is 12.3. The standard InChI is InChI=1S/C13H17N3O2S/c1-3-4-9(2)16-19(17,18)13-8-15-12-6-5-10(14)7-11(12)13/h3,5-9,15-16H,1,4,14H2,2H3. The van der Waals surface area contributed by atoms with Crippen LogP contribution in [0.4, 0.5) is 5.69 Å². The fourth-order valence-electron chi connectivity index (χ4n) is 1.96. The Morgan fingerprint density at radius 2 is 2.26 bits per heavy atom. The summed E-state index contributed by atoms with van der Waals surface area (Å²) in [6.45, 7) is 5.39. The van der Waals surface area contributed by atoms with Crippen LogP contribution in [0, 0.1) is 0 Å². The van der Waals surface area contributed by atoms with Crippen LogP contribution in [0.3, 0.4) is 0 Å². The molecule has 0 aliphatic heterocycles. The predicted molar refractivity (Wildman–Crippen MR) is 77.3 cm³/mol. The molecule has 1 atom stereocenters. The molecule has 2 aromatic rings. The minimum absolute atomic E-state index is 0.200. The Morgan fingerprint density at radius 3 is 2.95 bits per heavy atom. The Morgan fingerprint density at radius 1 is 1.53 bits per heavy atom. The van der Waals surface area contributed by atoms with Crippen molar-refractivity contribution in [3.63, 3.8) is 0 Å². The lowest BCUT2D eigenvalue weighted by atomic mass is 10.2. The summed E-state index contributed by atoms with van der Waals surface area (Å²) in [4.78, 5) is 3.15. The van der Waals surface area contributed by atoms with Crippen molar-refractivity contribution in [2.45, 2.75) is 24.3 Å². The fourth-order valence-corrected chi connectivity index (χ4v) is 3.39. The van der Waals surface area contributed by atoms with Crippen LogP contribution in [0.15, 0.2) is 41.9 Å². The molecule has 19 heavy (non-hydrogen) atoms. The molecule has 0 bridgehead atoms. The number of nitrogen functional groups attached to an aromatic ring is 1. The van der Waals surface area contributed by atoms with Crippen LogP contribution in [0.1, 0.15) is 13.3 Å². The number of aromatic amines is 1. The molecule has 1 aromatic carbocycles. The zero-order valence-electron chi connectivity index (χ0n) is 10.7. The topological polar surface area (TPSA) is 88.0 Å². The first-order valence-electron chi connectivity index (χ1n) is 5.94. The summed E-state index contributed by atoms with van der Waals surface area (Å²) in [5.74, 6) is 0. The summed E-state index contributed by atoms with van der Waals surface area (Å²) >= 11 is 0. The van der Waals surface area contributed by atoms with E-state index >= 15 is 0 Å². The van der Waals surface area contributed by atoms with E-state index in [0.29, 0.717) is 17.5 Å². The number of benzene rings is 1. The van der Waals surface area contributed by atoms with Gasteiger partial charge in [0.2, 0.25) is 10.0 Å². The number of anilines is 1. The second kappa shape index (κ2) is 5.07. The molecule has 1 aromatic heterocycles. The summed E-state index contributed by atoms with van der Waals surface area (Å²) < 4.78 is 27.2. The molecule has 5 nitrogen and oxygen atoms in total. The Hall–Kier alpha value is -1.79. The van der Waals surface area contributed by atoms with Gasteiger partial charge in [-0.2, -0.15) is 0 Å². The third-order valence-corrected chi connectivity index (χ3v) is 4.46. The van der Waals surface area contributed by atoms with Crippen LogP contribution >= 0.6 is 0 Å². The molecule has 0 aliphatic carbocycles. The minimum atomic E-state index is -3.57. The number of nitrogens with two attached hydrogens (primary N) is 1. The van der Waals surface area contributed by atoms with Crippen molar-refractivity contribution in [2.75, 3.05) is 5.73 Å². The van der Waals surface area contributed by atoms with Gasteiger partial charge in [0.05, 0.1) is 0 Å². The van der Waals surface area contributed by atoms with Crippen molar-refractivity contribution in [1.29, 1.82) is 0 Å². The molecule has 0 saturated carbocycles. The monoisotopic (exact) mass is 279 g/mol. The third kappa shape index (κ3) is 2.80. The maximum atomic E-state index is 12.3. The van der Waals surface area contributed by atoms with Gasteiger partial charge in [0.15, 0.2) is 0 Å². The lowest BCUT2D eigenvalue weighted by Gasteiger charge is -2.11. The SMILES string of the molecule is C=CCC(C)NS(=O)(=O)c1c[nH]c2ccc(N)cc12. The first kappa shape index (κ1) is 13.6. The molecular formula is C13H17N3O2S. The van der Waals surface area contributed by atoms with E-state index in [9.17, 15) is 8.42 Å². The molecule has 0 radical (unpaired) electrons. The van der Waals surface area contributed by atoms with Crippen molar-refractivity contribution in [2.24, 2.45) is 0 Å². The lowest BCUT2D eigenvalue weighted by molar-refractivity contribution is 0.563. The Bertz CT molecular complexity index is 704. The minimum Gasteiger partial charge on any atom is -0.399 e. The van der Waals surface area contributed by atoms with E-state index in [-0.39, 0.29) is 10.9 Å². The van der Waals surface area contributed by atoms with Gasteiger partial charge in [-0.05, 0) is 31.5 Å². The van der Waals surface area contributed by atoms with Crippen LogP contribution in [-0.4, -0.2) is 19.4 Å². The molecule has 1 unspecified atom stereocenters. The number of hydrogen-bond donors (Lipinski definition) is 3. The van der Waals surface area contributed by atoms with Gasteiger partial charge in [0, 0.05) is 28.8 Å². The van der Waals surface area contributed by atoms with Gasteiger partial charge < -0.3 is 10.7 Å². The van der Waals surface area contributed by atoms with Gasteiger partial charge in [-0.1, -0.05) is 6.08 Å². The van der Waals surface area contributed by atoms with Crippen LogP contribution in [-0.2, 0) is 10.0 Å². The van der Waals surface area contributed by atoms with Crippen molar-refractivity contribution in [1.82, 2.24) is 9.71 Å². The largest absolute Gasteiger partial charge is 0.399 e. The van der Waals surface area contributed by atoms with Crippen LogP contribution in [0.2, 0.25) is 0 Å². The number of sulfonamides is 1. The molecule has 2 rings (SSSR count). The molecular weight excluding hydrogens is 262 g/mol. The summed E-state index contributed by atoms with van der Waals surface area (Å²) in [5, 5.41) is 0.596. The van der Waals surface area contributed by atoms with Gasteiger partial charge >= 0.3 is 0 Å². The quantitative estimate of drug-likeness (QED) is 0.577. The molecule has 1 heterocycles. The highest BCUT2D eigenvalue weighted by Crippen LogP contribution is 2.24. The van der Waals surface area contributed by atoms with E-state index in [1.165, 1.54) is 6.20 Å². The first-order valence-corrected chi connectivity index (χ1v) is 7.42. The molecule has 6 heteroatoms. The lowest BCUT2D eigenvalue weighted by Crippen LogP contribution is -2.32. The molecule has 0 amide bonds. The number of rotatable bonds is 5. The first-order chi connectivity index (χ1) is 8.94. The van der Waals surface area contributed by atoms with E-state index in [2.05, 4.69) is 16.3 Å². The highest BCUT2D eigenvalue weighted by molar-refractivity contribution is 7.89. The van der Waals surface area contributed by atoms with Gasteiger partial charge in [-0.25, -0.2) is 13.1 Å². The smallest absolute Gasteiger partial charge is 0.242 e. The van der Waals surface area contributed by atoms with E-state index in [1.807, 2.05) is 0 Å². The summed E-state index contributed by atoms with van der Waals surface area (Å²) in [6.07, 6.45) is 3.73. The zero-order valence-corrected chi connectivity index (χ0v) is 11.5. The highest BCUT2D eigenvalue weighted by Gasteiger charge is 2.20. The molecule has 0 saturated heterocycles. The second-order valence-electron chi connectivity index (χ2n) is 4.50. The second-order valence-corrected chi connectivity index (χ2v) is 6.19. The Balaban J connectivity index is 2.43. The van der Waals surface area contributed by atoms with E-state index in [1.54, 1.807) is 31.2 Å². The van der Waals surface area contributed by atoms with Crippen molar-refractivity contribution < 1.29 is 8.42 Å². The summed E-state index contributed by atoms with van der Waals surface area (Å²) in [7, 11) is -3.57. The summed E-state index contributed by atoms with van der Waals surface area (Å²) in [5.41, 5.74) is 6.97. The number of fused-ring (bicyclic) bond motifs is 1. The van der Waals surface area contributed by atoms with Crippen LogP contribution in [0.5, 0.6) is 0 Å². The van der Waals surface area contributed by atoms with E-state index < -0.39 is 10.0 Å². The van der Waals surface area contributed by atoms with Crippen LogP contribution < -0.4 is 10.5 Å². The molecule has 102 valence electrons. The van der Waals surface area contributed by atoms with Gasteiger partial charge in [-0.3, -0.25) is 0 Å². The highest BCUT2D eigenvalue weighted by atomic mass is 32.2. The average Bonchev–Trinajstić information content (AvgIpc) is 2.71. The van der Waals surface area contributed by atoms with Gasteiger partial charge in [0.1, 0.15) is 4.90 Å². The van der Waals surface area contributed by atoms with Crippen molar-refractivity contribution in [3.8, 4) is 0 Å².